The lowest BCUT2D eigenvalue weighted by Crippen LogP contribution is -2.15. The highest BCUT2D eigenvalue weighted by atomic mass is 32.2. The van der Waals surface area contributed by atoms with Gasteiger partial charge < -0.3 is 10.1 Å². The van der Waals surface area contributed by atoms with Crippen molar-refractivity contribution in [3.63, 3.8) is 0 Å². The summed E-state index contributed by atoms with van der Waals surface area (Å²) >= 11 is 0. The van der Waals surface area contributed by atoms with E-state index in [4.69, 9.17) is 4.74 Å². The number of ether oxygens (including phenoxy) is 1. The number of rotatable bonds is 10. The number of aromatic nitrogens is 2. The third-order valence-electron chi connectivity index (χ3n) is 4.39. The number of carbonyl (C=O) groups excluding carboxylic acids is 1. The lowest BCUT2D eigenvalue weighted by molar-refractivity contribution is -0.116. The van der Waals surface area contributed by atoms with Gasteiger partial charge in [-0.25, -0.2) is 23.1 Å². The zero-order valence-electron chi connectivity index (χ0n) is 17.1. The van der Waals surface area contributed by atoms with E-state index in [0.717, 1.165) is 12.2 Å². The first-order valence-corrected chi connectivity index (χ1v) is 11.4. The third-order valence-corrected chi connectivity index (χ3v) is 5.73. The van der Waals surface area contributed by atoms with Crippen LogP contribution in [0.3, 0.4) is 0 Å². The van der Waals surface area contributed by atoms with Crippen molar-refractivity contribution in [3.05, 3.63) is 72.6 Å². The van der Waals surface area contributed by atoms with Gasteiger partial charge in [-0.2, -0.15) is 0 Å². The van der Waals surface area contributed by atoms with Gasteiger partial charge in [-0.05, 0) is 60.9 Å². The van der Waals surface area contributed by atoms with Crippen molar-refractivity contribution in [2.45, 2.75) is 31.1 Å². The zero-order valence-corrected chi connectivity index (χ0v) is 17.9. The van der Waals surface area contributed by atoms with Crippen LogP contribution in [0.5, 0.6) is 5.75 Å². The van der Waals surface area contributed by atoms with E-state index in [1.54, 1.807) is 6.07 Å². The van der Waals surface area contributed by atoms with Crippen molar-refractivity contribution in [2.24, 2.45) is 0 Å². The predicted octanol–water partition coefficient (Wildman–Crippen LogP) is 3.64. The monoisotopic (exact) mass is 440 g/mol. The fourth-order valence-electron chi connectivity index (χ4n) is 2.72. The Labute approximate surface area is 181 Å². The molecule has 0 aliphatic heterocycles. The molecule has 31 heavy (non-hydrogen) atoms. The summed E-state index contributed by atoms with van der Waals surface area (Å²) in [7, 11) is -3.81. The molecule has 8 nitrogen and oxygen atoms in total. The van der Waals surface area contributed by atoms with Gasteiger partial charge in [-0.1, -0.05) is 19.1 Å². The van der Waals surface area contributed by atoms with Gasteiger partial charge in [-0.15, -0.1) is 0 Å². The highest BCUT2D eigenvalue weighted by Crippen LogP contribution is 2.17. The van der Waals surface area contributed by atoms with Crippen molar-refractivity contribution in [1.82, 2.24) is 9.97 Å². The van der Waals surface area contributed by atoms with Gasteiger partial charge in [0, 0.05) is 24.5 Å². The molecular formula is C22H24N4O4S. The zero-order chi connectivity index (χ0) is 22.1. The van der Waals surface area contributed by atoms with E-state index < -0.39 is 10.0 Å². The molecule has 162 valence electrons. The first kappa shape index (κ1) is 22.2. The van der Waals surface area contributed by atoms with Crippen LogP contribution in [0.2, 0.25) is 0 Å². The molecule has 0 saturated heterocycles. The van der Waals surface area contributed by atoms with Crippen LogP contribution in [0.25, 0.3) is 0 Å². The van der Waals surface area contributed by atoms with Crippen molar-refractivity contribution in [3.8, 4) is 5.75 Å². The molecule has 0 atom stereocenters. The van der Waals surface area contributed by atoms with Crippen LogP contribution in [-0.4, -0.2) is 30.9 Å². The van der Waals surface area contributed by atoms with Crippen LogP contribution in [0, 0.1) is 0 Å². The first-order valence-electron chi connectivity index (χ1n) is 9.88. The van der Waals surface area contributed by atoms with E-state index in [1.165, 1.54) is 42.2 Å². The summed E-state index contributed by atoms with van der Waals surface area (Å²) in [4.78, 5) is 19.8. The summed E-state index contributed by atoms with van der Waals surface area (Å²) in [6.07, 6.45) is 4.72. The summed E-state index contributed by atoms with van der Waals surface area (Å²) < 4.78 is 32.7. The SMILES string of the molecule is CCc1ccc(OCCCC(=O)Nc2ccc(S(=O)(=O)Nc3ncccn3)cc2)cc1. The van der Waals surface area contributed by atoms with Gasteiger partial charge >= 0.3 is 0 Å². The average molecular weight is 441 g/mol. The van der Waals surface area contributed by atoms with Gasteiger partial charge in [0.25, 0.3) is 10.0 Å². The summed E-state index contributed by atoms with van der Waals surface area (Å²) in [6, 6.07) is 15.4. The fourth-order valence-corrected chi connectivity index (χ4v) is 3.67. The Morgan fingerprint density at radius 2 is 1.68 bits per heavy atom. The minimum absolute atomic E-state index is 0.0107. The van der Waals surface area contributed by atoms with Crippen LogP contribution < -0.4 is 14.8 Å². The minimum atomic E-state index is -3.81. The predicted molar refractivity (Wildman–Crippen MR) is 118 cm³/mol. The lowest BCUT2D eigenvalue weighted by atomic mass is 10.2. The third kappa shape index (κ3) is 6.78. The fraction of sp³-hybridized carbons (Fsp3) is 0.227. The molecule has 3 aromatic rings. The molecule has 0 saturated carbocycles. The number of anilines is 2. The van der Waals surface area contributed by atoms with E-state index in [2.05, 4.69) is 26.9 Å². The van der Waals surface area contributed by atoms with E-state index in [9.17, 15) is 13.2 Å². The molecule has 0 aliphatic carbocycles. The second-order valence-corrected chi connectivity index (χ2v) is 8.38. The molecule has 1 amide bonds. The van der Waals surface area contributed by atoms with Crippen LogP contribution in [0.4, 0.5) is 11.6 Å². The largest absolute Gasteiger partial charge is 0.494 e. The topological polar surface area (TPSA) is 110 Å². The van der Waals surface area contributed by atoms with Crippen molar-refractivity contribution in [1.29, 1.82) is 0 Å². The molecule has 0 fully saturated rings. The Hall–Kier alpha value is -3.46. The molecule has 2 N–H and O–H groups in total. The average Bonchev–Trinajstić information content (AvgIpc) is 2.78. The van der Waals surface area contributed by atoms with E-state index in [0.29, 0.717) is 25.1 Å². The molecule has 0 radical (unpaired) electrons. The highest BCUT2D eigenvalue weighted by molar-refractivity contribution is 7.92. The number of sulfonamides is 1. The van der Waals surface area contributed by atoms with E-state index in [1.807, 2.05) is 24.3 Å². The number of hydrogen-bond donors (Lipinski definition) is 2. The highest BCUT2D eigenvalue weighted by Gasteiger charge is 2.15. The van der Waals surface area contributed by atoms with Gasteiger partial charge in [0.05, 0.1) is 11.5 Å². The van der Waals surface area contributed by atoms with Crippen molar-refractivity contribution >= 4 is 27.6 Å². The van der Waals surface area contributed by atoms with Crippen molar-refractivity contribution < 1.29 is 17.9 Å². The summed E-state index contributed by atoms with van der Waals surface area (Å²) in [5.74, 6) is 0.601. The maximum absolute atomic E-state index is 12.4. The Bertz CT molecular complexity index is 1090. The normalized spacial score (nSPS) is 11.0. The summed E-state index contributed by atoms with van der Waals surface area (Å²) in [5, 5.41) is 2.75. The Morgan fingerprint density at radius 3 is 2.32 bits per heavy atom. The summed E-state index contributed by atoms with van der Waals surface area (Å²) in [5.41, 5.74) is 1.76. The second kappa shape index (κ2) is 10.5. The Balaban J connectivity index is 1.45. The maximum atomic E-state index is 12.4. The Morgan fingerprint density at radius 1 is 1.00 bits per heavy atom. The molecule has 0 bridgehead atoms. The van der Waals surface area contributed by atoms with E-state index in [-0.39, 0.29) is 16.8 Å². The van der Waals surface area contributed by atoms with Gasteiger partial charge in [0.1, 0.15) is 5.75 Å². The Kier molecular flexibility index (Phi) is 7.55. The molecule has 3 rings (SSSR count). The van der Waals surface area contributed by atoms with Gasteiger partial charge in [-0.3, -0.25) is 4.79 Å². The van der Waals surface area contributed by atoms with Gasteiger partial charge in [0.2, 0.25) is 11.9 Å². The quantitative estimate of drug-likeness (QED) is 0.466. The van der Waals surface area contributed by atoms with Crippen molar-refractivity contribution in [2.75, 3.05) is 16.6 Å². The number of nitrogens with one attached hydrogen (secondary N) is 2. The van der Waals surface area contributed by atoms with E-state index >= 15 is 0 Å². The van der Waals surface area contributed by atoms with Crippen LogP contribution in [0.1, 0.15) is 25.3 Å². The molecule has 9 heteroatoms. The van der Waals surface area contributed by atoms with Crippen LogP contribution in [-0.2, 0) is 21.2 Å². The van der Waals surface area contributed by atoms with Crippen LogP contribution >= 0.6 is 0 Å². The summed E-state index contributed by atoms with van der Waals surface area (Å²) in [6.45, 7) is 2.53. The number of carbonyl (C=O) groups is 1. The molecule has 0 spiro atoms. The number of nitrogens with zero attached hydrogens (tertiary/aromatic N) is 2. The van der Waals surface area contributed by atoms with Crippen LogP contribution in [0.15, 0.2) is 71.9 Å². The molecule has 1 aromatic heterocycles. The molecular weight excluding hydrogens is 416 g/mol. The first-order chi connectivity index (χ1) is 15.0. The molecule has 2 aromatic carbocycles. The standard InChI is InChI=1S/C22H24N4O4S/c1-2-17-6-10-19(11-7-17)30-16-3-5-21(27)25-18-8-12-20(13-9-18)31(28,29)26-22-23-14-4-15-24-22/h4,6-15H,2-3,5,16H2,1H3,(H,25,27)(H,23,24,26). The molecule has 0 unspecified atom stereocenters. The molecule has 0 aliphatic rings. The smallest absolute Gasteiger partial charge is 0.264 e. The lowest BCUT2D eigenvalue weighted by Gasteiger charge is -2.09. The minimum Gasteiger partial charge on any atom is -0.494 e. The number of benzene rings is 2. The molecule has 1 heterocycles. The maximum Gasteiger partial charge on any atom is 0.264 e. The number of hydrogen-bond acceptors (Lipinski definition) is 6. The number of amides is 1. The van der Waals surface area contributed by atoms with Gasteiger partial charge in [0.15, 0.2) is 0 Å². The number of aryl methyl sites for hydroxylation is 1. The second-order valence-electron chi connectivity index (χ2n) is 6.70.